The van der Waals surface area contributed by atoms with Crippen LogP contribution in [0.5, 0.6) is 0 Å². The highest BCUT2D eigenvalue weighted by Crippen LogP contribution is 2.32. The minimum atomic E-state index is -0.622. The maximum absolute atomic E-state index is 13.0. The lowest BCUT2D eigenvalue weighted by atomic mass is 9.87. The highest BCUT2D eigenvalue weighted by molar-refractivity contribution is 6.05. The molecule has 4 amide bonds. The molecule has 152 valence electrons. The van der Waals surface area contributed by atoms with Crippen molar-refractivity contribution < 1.29 is 19.2 Å². The smallest absolute Gasteiger partial charge is 0.255 e. The summed E-state index contributed by atoms with van der Waals surface area (Å²) in [5.41, 5.74) is 2.44. The Kier molecular flexibility index (Phi) is 4.18. The molecular formula is C20H23N5O4. The zero-order valence-electron chi connectivity index (χ0n) is 16.0. The molecule has 4 aliphatic heterocycles. The Balaban J connectivity index is 1.40. The van der Waals surface area contributed by atoms with Crippen molar-refractivity contribution in [3.8, 4) is 0 Å². The van der Waals surface area contributed by atoms with Gasteiger partial charge in [-0.15, -0.1) is 0 Å². The summed E-state index contributed by atoms with van der Waals surface area (Å²) in [6, 6.07) is 5.02. The van der Waals surface area contributed by atoms with Crippen molar-refractivity contribution in [2.45, 2.75) is 37.5 Å². The predicted molar refractivity (Wildman–Crippen MR) is 102 cm³/mol. The van der Waals surface area contributed by atoms with Crippen LogP contribution in [0.25, 0.3) is 0 Å². The molecular weight excluding hydrogens is 374 g/mol. The standard InChI is InChI=1S/C20H23N5O4/c26-16-5-4-15(18(28)23-16)25-7-14-12(2-1-3-13(14)19(25)29)6-24-8-17(27)22-11-20(24)9-21-10-20/h1-3,15,21H,4-11H2,(H,22,27)(H,23,26,28). The van der Waals surface area contributed by atoms with Crippen LogP contribution < -0.4 is 16.0 Å². The molecule has 3 N–H and O–H groups in total. The molecule has 1 aromatic carbocycles. The fourth-order valence-corrected chi connectivity index (χ4v) is 4.76. The van der Waals surface area contributed by atoms with Crippen molar-refractivity contribution in [3.63, 3.8) is 0 Å². The largest absolute Gasteiger partial charge is 0.353 e. The number of nitrogens with zero attached hydrogens (tertiary/aromatic N) is 2. The Morgan fingerprint density at radius 3 is 2.59 bits per heavy atom. The number of carbonyl (C=O) groups is 4. The Bertz CT molecular complexity index is 925. The van der Waals surface area contributed by atoms with Crippen LogP contribution >= 0.6 is 0 Å². The zero-order chi connectivity index (χ0) is 20.2. The van der Waals surface area contributed by atoms with Gasteiger partial charge >= 0.3 is 0 Å². The summed E-state index contributed by atoms with van der Waals surface area (Å²) in [5, 5.41) is 8.58. The van der Waals surface area contributed by atoms with Crippen LogP contribution in [0.3, 0.4) is 0 Å². The van der Waals surface area contributed by atoms with Crippen molar-refractivity contribution in [1.82, 2.24) is 25.8 Å². The number of imide groups is 1. The Hall–Kier alpha value is -2.78. The quantitative estimate of drug-likeness (QED) is 0.548. The molecule has 0 saturated carbocycles. The number of amides is 4. The third kappa shape index (κ3) is 2.92. The second-order valence-corrected chi connectivity index (χ2v) is 8.30. The molecule has 1 aromatic rings. The van der Waals surface area contributed by atoms with Crippen LogP contribution in [0.15, 0.2) is 18.2 Å². The van der Waals surface area contributed by atoms with Crippen LogP contribution in [-0.2, 0) is 27.5 Å². The van der Waals surface area contributed by atoms with Crippen molar-refractivity contribution in [1.29, 1.82) is 0 Å². The lowest BCUT2D eigenvalue weighted by Gasteiger charge is -2.53. The normalized spacial score (nSPS) is 26.2. The molecule has 4 aliphatic rings. The lowest BCUT2D eigenvalue weighted by Crippen LogP contribution is -2.76. The summed E-state index contributed by atoms with van der Waals surface area (Å²) in [5.74, 6) is -0.862. The number of piperazine rings is 1. The van der Waals surface area contributed by atoms with Crippen molar-refractivity contribution >= 4 is 23.6 Å². The van der Waals surface area contributed by atoms with E-state index >= 15 is 0 Å². The highest BCUT2D eigenvalue weighted by atomic mass is 16.2. The van der Waals surface area contributed by atoms with Crippen LogP contribution in [0.1, 0.15) is 34.3 Å². The van der Waals surface area contributed by atoms with E-state index < -0.39 is 11.9 Å². The minimum Gasteiger partial charge on any atom is -0.353 e. The van der Waals surface area contributed by atoms with Gasteiger partial charge in [-0.05, 0) is 23.6 Å². The van der Waals surface area contributed by atoms with Gasteiger partial charge in [-0.2, -0.15) is 0 Å². The zero-order valence-corrected chi connectivity index (χ0v) is 16.0. The van der Waals surface area contributed by atoms with Gasteiger partial charge in [0.15, 0.2) is 0 Å². The van der Waals surface area contributed by atoms with Crippen molar-refractivity contribution in [2.24, 2.45) is 0 Å². The fraction of sp³-hybridized carbons (Fsp3) is 0.500. The number of hydrogen-bond acceptors (Lipinski definition) is 6. The molecule has 9 nitrogen and oxygen atoms in total. The van der Waals surface area contributed by atoms with E-state index in [0.717, 1.165) is 24.2 Å². The van der Waals surface area contributed by atoms with Gasteiger partial charge in [-0.1, -0.05) is 12.1 Å². The van der Waals surface area contributed by atoms with E-state index in [1.54, 1.807) is 11.0 Å². The Labute approximate surface area is 167 Å². The SMILES string of the molecule is O=C1CN(Cc2cccc3c2CN(C2CCC(=O)NC2=O)C3=O)C2(CNC2)CN1. The predicted octanol–water partition coefficient (Wildman–Crippen LogP) is -1.28. The van der Waals surface area contributed by atoms with Gasteiger partial charge in [0.1, 0.15) is 6.04 Å². The molecule has 4 heterocycles. The Morgan fingerprint density at radius 2 is 1.86 bits per heavy atom. The third-order valence-electron chi connectivity index (χ3n) is 6.57. The molecule has 1 atom stereocenters. The van der Waals surface area contributed by atoms with Crippen LogP contribution in [0.2, 0.25) is 0 Å². The average Bonchev–Trinajstić information content (AvgIpc) is 2.99. The lowest BCUT2D eigenvalue weighted by molar-refractivity contribution is -0.137. The molecule has 3 fully saturated rings. The number of piperidine rings is 1. The number of hydrogen-bond donors (Lipinski definition) is 3. The second-order valence-electron chi connectivity index (χ2n) is 8.30. The number of benzene rings is 1. The molecule has 29 heavy (non-hydrogen) atoms. The molecule has 5 rings (SSSR count). The van der Waals surface area contributed by atoms with Gasteiger partial charge in [0.25, 0.3) is 5.91 Å². The fourth-order valence-electron chi connectivity index (χ4n) is 4.76. The summed E-state index contributed by atoms with van der Waals surface area (Å²) < 4.78 is 0. The molecule has 0 radical (unpaired) electrons. The van der Waals surface area contributed by atoms with E-state index in [1.165, 1.54) is 0 Å². The van der Waals surface area contributed by atoms with E-state index in [1.807, 2.05) is 12.1 Å². The van der Waals surface area contributed by atoms with Gasteiger partial charge in [-0.3, -0.25) is 29.4 Å². The van der Waals surface area contributed by atoms with Crippen LogP contribution in [0.4, 0.5) is 0 Å². The molecule has 1 unspecified atom stereocenters. The van der Waals surface area contributed by atoms with E-state index in [-0.39, 0.29) is 29.7 Å². The number of rotatable bonds is 3. The summed E-state index contributed by atoms with van der Waals surface area (Å²) in [4.78, 5) is 52.5. The summed E-state index contributed by atoms with van der Waals surface area (Å²) >= 11 is 0. The van der Waals surface area contributed by atoms with Gasteiger partial charge in [0.05, 0.1) is 12.1 Å². The maximum Gasteiger partial charge on any atom is 0.255 e. The molecule has 0 aromatic heterocycles. The first kappa shape index (κ1) is 18.3. The Morgan fingerprint density at radius 1 is 1.03 bits per heavy atom. The monoisotopic (exact) mass is 397 g/mol. The van der Waals surface area contributed by atoms with E-state index in [4.69, 9.17) is 0 Å². The van der Waals surface area contributed by atoms with E-state index in [0.29, 0.717) is 38.2 Å². The number of carbonyl (C=O) groups excluding carboxylic acids is 4. The summed E-state index contributed by atoms with van der Waals surface area (Å²) in [7, 11) is 0. The first-order chi connectivity index (χ1) is 14.0. The molecule has 3 saturated heterocycles. The van der Waals surface area contributed by atoms with Crippen LogP contribution in [-0.4, -0.2) is 71.2 Å². The second kappa shape index (κ2) is 6.64. The minimum absolute atomic E-state index is 0.0105. The first-order valence-electron chi connectivity index (χ1n) is 9.95. The number of fused-ring (bicyclic) bond motifs is 1. The average molecular weight is 397 g/mol. The van der Waals surface area contributed by atoms with Gasteiger partial charge in [0.2, 0.25) is 17.7 Å². The van der Waals surface area contributed by atoms with Crippen LogP contribution in [0, 0.1) is 0 Å². The van der Waals surface area contributed by atoms with E-state index in [2.05, 4.69) is 20.9 Å². The van der Waals surface area contributed by atoms with Gasteiger partial charge < -0.3 is 15.5 Å². The summed E-state index contributed by atoms with van der Waals surface area (Å²) in [6.07, 6.45) is 0.586. The molecule has 0 bridgehead atoms. The molecule has 9 heteroatoms. The molecule has 0 aliphatic carbocycles. The topological polar surface area (TPSA) is 111 Å². The molecule has 1 spiro atoms. The van der Waals surface area contributed by atoms with E-state index in [9.17, 15) is 19.2 Å². The van der Waals surface area contributed by atoms with Crippen molar-refractivity contribution in [3.05, 3.63) is 34.9 Å². The van der Waals surface area contributed by atoms with Crippen molar-refractivity contribution in [2.75, 3.05) is 26.2 Å². The first-order valence-corrected chi connectivity index (χ1v) is 9.95. The highest BCUT2D eigenvalue weighted by Gasteiger charge is 2.46. The maximum atomic E-state index is 13.0. The summed E-state index contributed by atoms with van der Waals surface area (Å²) in [6.45, 7) is 3.52. The number of nitrogens with one attached hydrogen (secondary N) is 3. The van der Waals surface area contributed by atoms with Gasteiger partial charge in [-0.25, -0.2) is 0 Å². The third-order valence-corrected chi connectivity index (χ3v) is 6.57. The van der Waals surface area contributed by atoms with Gasteiger partial charge in [0, 0.05) is 44.7 Å².